The molecule has 5 atom stereocenters. The lowest BCUT2D eigenvalue weighted by atomic mass is 10.0. The van der Waals surface area contributed by atoms with Crippen LogP contribution in [0.1, 0.15) is 80.3 Å². The number of rotatable bonds is 10. The van der Waals surface area contributed by atoms with E-state index in [1.165, 1.54) is 14.2 Å². The van der Waals surface area contributed by atoms with Crippen LogP contribution in [0.25, 0.3) is 33.6 Å². The van der Waals surface area contributed by atoms with Gasteiger partial charge in [-0.1, -0.05) is 78.9 Å². The standard InChI is InChI=1S/C44H48N8O6/c1-50(44(56)57)38(31-8-4-3-5-9-31)42(54)52-23-7-11-37(52)40-46-26-35(49-40)30-18-14-28(15-19-30)27-12-16-29(17-13-27)34-25-45-39(48-34)36-10-6-22-51(36)41(53)32-20-21-33(24-32)47-43(55)58-2/h3-5,8-9,12-19,25-26,32-33,36-38H,6-7,10-11,20-24H2,1-2H3,(H,45,48)(H,46,49)(H,47,55)(H,56,57)/t32-,33+,36+,37+,38-/m1/s1. The van der Waals surface area contributed by atoms with Crippen molar-refractivity contribution >= 4 is 24.0 Å². The Morgan fingerprint density at radius 2 is 1.29 bits per heavy atom. The first-order valence-electron chi connectivity index (χ1n) is 20.0. The number of aromatic nitrogens is 4. The predicted molar refractivity (Wildman–Crippen MR) is 216 cm³/mol. The number of carbonyl (C=O) groups is 4. The molecule has 0 bridgehead atoms. The Hall–Kier alpha value is -6.44. The Kier molecular flexibility index (Phi) is 11.0. The van der Waals surface area contributed by atoms with Crippen molar-refractivity contribution < 1.29 is 29.0 Å². The number of ether oxygens (including phenoxy) is 1. The monoisotopic (exact) mass is 784 g/mol. The van der Waals surface area contributed by atoms with E-state index in [0.29, 0.717) is 30.9 Å². The summed E-state index contributed by atoms with van der Waals surface area (Å²) in [6, 6.07) is 24.1. The van der Waals surface area contributed by atoms with Gasteiger partial charge in [-0.15, -0.1) is 0 Å². The molecule has 300 valence electrons. The Labute approximate surface area is 336 Å². The second-order valence-corrected chi connectivity index (χ2v) is 15.4. The number of likely N-dealkylation sites (N-methyl/N-ethyl adjacent to an activating group) is 1. The van der Waals surface area contributed by atoms with Crippen molar-refractivity contribution in [2.45, 2.75) is 69.1 Å². The van der Waals surface area contributed by atoms with Crippen molar-refractivity contribution in [3.63, 3.8) is 0 Å². The Balaban J connectivity index is 0.907. The van der Waals surface area contributed by atoms with Gasteiger partial charge in [-0.05, 0) is 72.8 Å². The average Bonchev–Trinajstić information content (AvgIpc) is 4.11. The molecule has 58 heavy (non-hydrogen) atoms. The van der Waals surface area contributed by atoms with Gasteiger partial charge in [-0.3, -0.25) is 14.5 Å². The van der Waals surface area contributed by atoms with Gasteiger partial charge in [0.2, 0.25) is 5.91 Å². The van der Waals surface area contributed by atoms with Crippen molar-refractivity contribution in [1.29, 1.82) is 0 Å². The quantitative estimate of drug-likeness (QED) is 0.114. The zero-order valence-electron chi connectivity index (χ0n) is 32.6. The first kappa shape index (κ1) is 38.4. The molecule has 4 heterocycles. The Bertz CT molecular complexity index is 2250. The summed E-state index contributed by atoms with van der Waals surface area (Å²) >= 11 is 0. The van der Waals surface area contributed by atoms with Gasteiger partial charge in [0.25, 0.3) is 5.91 Å². The maximum atomic E-state index is 13.9. The molecular formula is C44H48N8O6. The van der Waals surface area contributed by atoms with Crippen LogP contribution >= 0.6 is 0 Å². The van der Waals surface area contributed by atoms with E-state index < -0.39 is 18.2 Å². The van der Waals surface area contributed by atoms with E-state index in [4.69, 9.17) is 9.72 Å². The van der Waals surface area contributed by atoms with Crippen molar-refractivity contribution in [3.05, 3.63) is 108 Å². The number of likely N-dealkylation sites (tertiary alicyclic amines) is 2. The van der Waals surface area contributed by atoms with Gasteiger partial charge < -0.3 is 34.9 Å². The van der Waals surface area contributed by atoms with Gasteiger partial charge in [0.05, 0.1) is 43.0 Å². The van der Waals surface area contributed by atoms with Crippen LogP contribution in [0, 0.1) is 5.92 Å². The van der Waals surface area contributed by atoms with E-state index in [2.05, 4.69) is 56.7 Å². The predicted octanol–water partition coefficient (Wildman–Crippen LogP) is 7.34. The van der Waals surface area contributed by atoms with Crippen LogP contribution in [-0.4, -0.2) is 97.0 Å². The molecule has 0 unspecified atom stereocenters. The number of benzene rings is 3. The summed E-state index contributed by atoms with van der Waals surface area (Å²) < 4.78 is 4.73. The number of nitrogens with one attached hydrogen (secondary N) is 3. The summed E-state index contributed by atoms with van der Waals surface area (Å²) in [7, 11) is 2.78. The topological polar surface area (TPSA) is 177 Å². The average molecular weight is 785 g/mol. The fourth-order valence-electron chi connectivity index (χ4n) is 8.85. The number of amides is 4. The number of alkyl carbamates (subject to hydrolysis) is 1. The van der Waals surface area contributed by atoms with Crippen LogP contribution < -0.4 is 5.32 Å². The van der Waals surface area contributed by atoms with Gasteiger partial charge in [0.15, 0.2) is 0 Å². The van der Waals surface area contributed by atoms with Crippen molar-refractivity contribution in [1.82, 2.24) is 40.0 Å². The molecule has 3 aliphatic rings. The lowest BCUT2D eigenvalue weighted by Gasteiger charge is -2.32. The molecule has 0 radical (unpaired) electrons. The van der Waals surface area contributed by atoms with Gasteiger partial charge in [-0.2, -0.15) is 0 Å². The highest BCUT2D eigenvalue weighted by Gasteiger charge is 2.40. The summed E-state index contributed by atoms with van der Waals surface area (Å²) in [5, 5.41) is 12.6. The van der Waals surface area contributed by atoms with Gasteiger partial charge in [0.1, 0.15) is 17.7 Å². The molecule has 2 aromatic heterocycles. The molecule has 3 aromatic carbocycles. The molecular weight excluding hydrogens is 737 g/mol. The fourth-order valence-corrected chi connectivity index (χ4v) is 8.85. The highest BCUT2D eigenvalue weighted by Crippen LogP contribution is 2.38. The zero-order chi connectivity index (χ0) is 40.3. The smallest absolute Gasteiger partial charge is 0.407 e. The van der Waals surface area contributed by atoms with E-state index in [-0.39, 0.29) is 35.9 Å². The second-order valence-electron chi connectivity index (χ2n) is 15.4. The molecule has 4 N–H and O–H groups in total. The maximum Gasteiger partial charge on any atom is 0.407 e. The van der Waals surface area contributed by atoms with Gasteiger partial charge in [0, 0.05) is 32.1 Å². The van der Waals surface area contributed by atoms with Gasteiger partial charge >= 0.3 is 12.2 Å². The minimum absolute atomic E-state index is 0.0479. The molecule has 3 fully saturated rings. The SMILES string of the molecule is COC(=O)N[C@H]1CC[C@@H](C(=O)N2CCC[C@H]2c2ncc(-c3ccc(-c4ccc(-c5cnc([C@@H]6CCCN6C(=O)[C@@H](c6ccccc6)N(C)C(=O)O)[nH]5)cc4)cc3)[nH]2)C1. The van der Waals surface area contributed by atoms with Crippen molar-refractivity contribution in [2.24, 2.45) is 5.92 Å². The normalized spacial score (nSPS) is 20.9. The van der Waals surface area contributed by atoms with Crippen LogP contribution in [0.5, 0.6) is 0 Å². The number of nitrogens with zero attached hydrogens (tertiary/aromatic N) is 5. The molecule has 5 aromatic rings. The maximum absolute atomic E-state index is 13.9. The lowest BCUT2D eigenvalue weighted by Crippen LogP contribution is -2.43. The summed E-state index contributed by atoms with van der Waals surface area (Å²) in [5.74, 6) is 1.21. The summed E-state index contributed by atoms with van der Waals surface area (Å²) in [4.78, 5) is 72.3. The summed E-state index contributed by atoms with van der Waals surface area (Å²) in [6.07, 6.45) is 7.41. The van der Waals surface area contributed by atoms with Crippen LogP contribution in [-0.2, 0) is 14.3 Å². The number of H-pyrrole nitrogens is 2. The highest BCUT2D eigenvalue weighted by molar-refractivity contribution is 5.87. The lowest BCUT2D eigenvalue weighted by molar-refractivity contribution is -0.137. The minimum Gasteiger partial charge on any atom is -0.465 e. The Morgan fingerprint density at radius 1 is 0.759 bits per heavy atom. The van der Waals surface area contributed by atoms with E-state index >= 15 is 0 Å². The van der Waals surface area contributed by atoms with E-state index in [1.54, 1.807) is 35.4 Å². The van der Waals surface area contributed by atoms with Crippen LogP contribution in [0.15, 0.2) is 91.3 Å². The fraction of sp³-hybridized carbons (Fsp3) is 0.364. The second kappa shape index (κ2) is 16.6. The number of carbonyl (C=O) groups excluding carboxylic acids is 3. The highest BCUT2D eigenvalue weighted by atomic mass is 16.5. The molecule has 0 spiro atoms. The third-order valence-corrected chi connectivity index (χ3v) is 11.9. The number of carboxylic acid groups (broad SMARTS) is 1. The largest absolute Gasteiger partial charge is 0.465 e. The number of aromatic amines is 2. The van der Waals surface area contributed by atoms with E-state index in [9.17, 15) is 24.3 Å². The van der Waals surface area contributed by atoms with Gasteiger partial charge in [-0.25, -0.2) is 19.6 Å². The van der Waals surface area contributed by atoms with Crippen molar-refractivity contribution in [3.8, 4) is 33.6 Å². The van der Waals surface area contributed by atoms with Crippen LogP contribution in [0.4, 0.5) is 9.59 Å². The van der Waals surface area contributed by atoms with Crippen LogP contribution in [0.2, 0.25) is 0 Å². The van der Waals surface area contributed by atoms with Crippen LogP contribution in [0.3, 0.4) is 0 Å². The third-order valence-electron chi connectivity index (χ3n) is 11.9. The minimum atomic E-state index is -1.17. The molecule has 1 saturated carbocycles. The first-order chi connectivity index (χ1) is 28.2. The number of hydrogen-bond donors (Lipinski definition) is 4. The van der Waals surface area contributed by atoms with Crippen molar-refractivity contribution in [2.75, 3.05) is 27.2 Å². The number of hydrogen-bond acceptors (Lipinski definition) is 7. The zero-order valence-corrected chi connectivity index (χ0v) is 32.6. The molecule has 2 saturated heterocycles. The number of methoxy groups -OCH3 is 1. The summed E-state index contributed by atoms with van der Waals surface area (Å²) in [6.45, 7) is 1.22. The molecule has 8 rings (SSSR count). The number of imidazole rings is 2. The molecule has 1 aliphatic carbocycles. The Morgan fingerprint density at radius 3 is 1.84 bits per heavy atom. The van der Waals surface area contributed by atoms with E-state index in [0.717, 1.165) is 82.9 Å². The third kappa shape index (κ3) is 7.78. The van der Waals surface area contributed by atoms with E-state index in [1.807, 2.05) is 29.3 Å². The first-order valence-corrected chi connectivity index (χ1v) is 20.0. The molecule has 2 aliphatic heterocycles. The molecule has 14 heteroatoms. The summed E-state index contributed by atoms with van der Waals surface area (Å²) in [5.41, 5.74) is 6.42. The molecule has 4 amide bonds. The molecule has 14 nitrogen and oxygen atoms in total.